The van der Waals surface area contributed by atoms with E-state index in [1.54, 1.807) is 7.11 Å². The molecule has 0 aromatic heterocycles. The highest BCUT2D eigenvalue weighted by atomic mass is 16.5. The second-order valence-electron chi connectivity index (χ2n) is 4.52. The van der Waals surface area contributed by atoms with Gasteiger partial charge in [-0.1, -0.05) is 19.1 Å². The minimum absolute atomic E-state index is 0.223. The molecule has 1 aromatic carbocycles. The summed E-state index contributed by atoms with van der Waals surface area (Å²) in [7, 11) is 1.68. The Morgan fingerprint density at radius 3 is 2.41 bits per heavy atom. The molecule has 2 unspecified atom stereocenters. The van der Waals surface area contributed by atoms with Gasteiger partial charge in [-0.2, -0.15) is 0 Å². The van der Waals surface area contributed by atoms with E-state index in [4.69, 9.17) is 9.84 Å². The zero-order valence-electron chi connectivity index (χ0n) is 10.9. The van der Waals surface area contributed by atoms with Crippen LogP contribution in [0.2, 0.25) is 0 Å². The molecule has 0 spiro atoms. The lowest BCUT2D eigenvalue weighted by Gasteiger charge is -2.14. The molecule has 3 heteroatoms. The van der Waals surface area contributed by atoms with E-state index in [0.29, 0.717) is 5.92 Å². The molecule has 0 aliphatic heterocycles. The highest BCUT2D eigenvalue weighted by molar-refractivity contribution is 5.29. The van der Waals surface area contributed by atoms with Crippen molar-refractivity contribution in [3.8, 4) is 5.75 Å². The minimum Gasteiger partial charge on any atom is -0.497 e. The van der Waals surface area contributed by atoms with Crippen molar-refractivity contribution in [2.75, 3.05) is 20.2 Å². The summed E-state index contributed by atoms with van der Waals surface area (Å²) in [5.74, 6) is 1.36. The molecule has 1 rings (SSSR count). The second-order valence-corrected chi connectivity index (χ2v) is 4.52. The molecule has 0 heterocycles. The number of hydrogen-bond donors (Lipinski definition) is 2. The molecule has 17 heavy (non-hydrogen) atoms. The zero-order chi connectivity index (χ0) is 12.7. The third kappa shape index (κ3) is 5.20. The molecule has 3 nitrogen and oxygen atoms in total. The summed E-state index contributed by atoms with van der Waals surface area (Å²) in [5, 5.41) is 12.5. The van der Waals surface area contributed by atoms with Crippen molar-refractivity contribution >= 4 is 0 Å². The molecule has 0 amide bonds. The van der Waals surface area contributed by atoms with Gasteiger partial charge in [0, 0.05) is 6.54 Å². The van der Waals surface area contributed by atoms with Gasteiger partial charge < -0.3 is 15.2 Å². The van der Waals surface area contributed by atoms with Crippen LogP contribution in [0, 0.1) is 0 Å². The van der Waals surface area contributed by atoms with E-state index in [2.05, 4.69) is 24.4 Å². The summed E-state index contributed by atoms with van der Waals surface area (Å²) in [5.41, 5.74) is 1.30. The Morgan fingerprint density at radius 1 is 1.24 bits per heavy atom. The van der Waals surface area contributed by atoms with Gasteiger partial charge in [-0.25, -0.2) is 0 Å². The van der Waals surface area contributed by atoms with Crippen molar-refractivity contribution in [1.29, 1.82) is 0 Å². The number of nitrogens with one attached hydrogen (secondary N) is 1. The summed E-state index contributed by atoms with van der Waals surface area (Å²) in [6.07, 6.45) is 0.578. The van der Waals surface area contributed by atoms with E-state index >= 15 is 0 Å². The summed E-state index contributed by atoms with van der Waals surface area (Å²) >= 11 is 0. The molecule has 96 valence electrons. The van der Waals surface area contributed by atoms with E-state index in [1.165, 1.54) is 5.56 Å². The molecule has 0 bridgehead atoms. The van der Waals surface area contributed by atoms with E-state index in [9.17, 15) is 0 Å². The predicted molar refractivity (Wildman–Crippen MR) is 70.6 cm³/mol. The minimum atomic E-state index is -0.223. The summed E-state index contributed by atoms with van der Waals surface area (Å²) in [4.78, 5) is 0. The lowest BCUT2D eigenvalue weighted by molar-refractivity contribution is 0.183. The van der Waals surface area contributed by atoms with Crippen molar-refractivity contribution in [3.05, 3.63) is 29.8 Å². The number of aliphatic hydroxyl groups is 1. The largest absolute Gasteiger partial charge is 0.497 e. The standard InChI is InChI=1S/C14H23NO2/c1-11(10-15-9-8-12(2)16)13-4-6-14(17-3)7-5-13/h4-7,11-12,15-16H,8-10H2,1-3H3. The lowest BCUT2D eigenvalue weighted by atomic mass is 10.0. The van der Waals surface area contributed by atoms with Gasteiger partial charge in [0.05, 0.1) is 13.2 Å². The average Bonchev–Trinajstić information content (AvgIpc) is 2.34. The Hall–Kier alpha value is -1.06. The first-order valence-corrected chi connectivity index (χ1v) is 6.16. The van der Waals surface area contributed by atoms with Gasteiger partial charge in [0.2, 0.25) is 0 Å². The first-order chi connectivity index (χ1) is 8.13. The van der Waals surface area contributed by atoms with E-state index in [-0.39, 0.29) is 6.10 Å². The number of hydrogen-bond acceptors (Lipinski definition) is 3. The van der Waals surface area contributed by atoms with Crippen LogP contribution in [0.25, 0.3) is 0 Å². The number of rotatable bonds is 7. The Balaban J connectivity index is 2.33. The van der Waals surface area contributed by atoms with E-state index in [1.807, 2.05) is 19.1 Å². The van der Waals surface area contributed by atoms with Crippen molar-refractivity contribution in [1.82, 2.24) is 5.32 Å². The Bertz CT molecular complexity index is 309. The summed E-state index contributed by atoms with van der Waals surface area (Å²) in [6, 6.07) is 8.17. The maximum atomic E-state index is 9.14. The third-order valence-corrected chi connectivity index (χ3v) is 2.87. The van der Waals surface area contributed by atoms with Crippen molar-refractivity contribution in [2.45, 2.75) is 32.3 Å². The molecule has 2 atom stereocenters. The summed E-state index contributed by atoms with van der Waals surface area (Å²) < 4.78 is 5.13. The zero-order valence-corrected chi connectivity index (χ0v) is 10.9. The third-order valence-electron chi connectivity index (χ3n) is 2.87. The molecule has 2 N–H and O–H groups in total. The molecule has 0 aliphatic carbocycles. The molecule has 0 fully saturated rings. The van der Waals surface area contributed by atoms with Gasteiger partial charge >= 0.3 is 0 Å². The quantitative estimate of drug-likeness (QED) is 0.714. The fraction of sp³-hybridized carbons (Fsp3) is 0.571. The maximum Gasteiger partial charge on any atom is 0.118 e. The van der Waals surface area contributed by atoms with Crippen LogP contribution in [-0.2, 0) is 0 Å². The topological polar surface area (TPSA) is 41.5 Å². The highest BCUT2D eigenvalue weighted by Gasteiger charge is 2.05. The van der Waals surface area contributed by atoms with Crippen molar-refractivity contribution < 1.29 is 9.84 Å². The molecule has 0 aliphatic rings. The number of aliphatic hydroxyl groups excluding tert-OH is 1. The normalized spacial score (nSPS) is 14.4. The molecule has 1 aromatic rings. The highest BCUT2D eigenvalue weighted by Crippen LogP contribution is 2.18. The van der Waals surface area contributed by atoms with Gasteiger partial charge in [0.1, 0.15) is 5.75 Å². The molecule has 0 radical (unpaired) electrons. The fourth-order valence-electron chi connectivity index (χ4n) is 1.68. The predicted octanol–water partition coefficient (Wildman–Crippen LogP) is 2.16. The van der Waals surface area contributed by atoms with Gasteiger partial charge in [-0.05, 0) is 43.5 Å². The SMILES string of the molecule is COc1ccc(C(C)CNCCC(C)O)cc1. The lowest BCUT2D eigenvalue weighted by Crippen LogP contribution is -2.23. The van der Waals surface area contributed by atoms with Crippen LogP contribution in [0.5, 0.6) is 5.75 Å². The van der Waals surface area contributed by atoms with Crippen LogP contribution in [-0.4, -0.2) is 31.4 Å². The van der Waals surface area contributed by atoms with Gasteiger partial charge in [-0.15, -0.1) is 0 Å². The van der Waals surface area contributed by atoms with Crippen LogP contribution in [0.15, 0.2) is 24.3 Å². The molecular formula is C14H23NO2. The number of methoxy groups -OCH3 is 1. The fourth-order valence-corrected chi connectivity index (χ4v) is 1.68. The Kier molecular flexibility index (Phi) is 6.01. The van der Waals surface area contributed by atoms with Crippen LogP contribution >= 0.6 is 0 Å². The Morgan fingerprint density at radius 2 is 1.88 bits per heavy atom. The van der Waals surface area contributed by atoms with E-state index < -0.39 is 0 Å². The monoisotopic (exact) mass is 237 g/mol. The number of benzene rings is 1. The Labute approximate surface area is 104 Å². The maximum absolute atomic E-state index is 9.14. The van der Waals surface area contributed by atoms with E-state index in [0.717, 1.165) is 25.3 Å². The van der Waals surface area contributed by atoms with Crippen molar-refractivity contribution in [2.24, 2.45) is 0 Å². The smallest absolute Gasteiger partial charge is 0.118 e. The van der Waals surface area contributed by atoms with Crippen LogP contribution < -0.4 is 10.1 Å². The first-order valence-electron chi connectivity index (χ1n) is 6.16. The van der Waals surface area contributed by atoms with Crippen LogP contribution in [0.4, 0.5) is 0 Å². The molecule has 0 saturated carbocycles. The summed E-state index contributed by atoms with van der Waals surface area (Å²) in [6.45, 7) is 5.79. The number of ether oxygens (including phenoxy) is 1. The second kappa shape index (κ2) is 7.30. The molecule has 0 saturated heterocycles. The van der Waals surface area contributed by atoms with Crippen LogP contribution in [0.1, 0.15) is 31.7 Å². The molecular weight excluding hydrogens is 214 g/mol. The van der Waals surface area contributed by atoms with Crippen LogP contribution in [0.3, 0.4) is 0 Å². The van der Waals surface area contributed by atoms with Gasteiger partial charge in [0.25, 0.3) is 0 Å². The average molecular weight is 237 g/mol. The first kappa shape index (κ1) is 14.0. The van der Waals surface area contributed by atoms with Crippen molar-refractivity contribution in [3.63, 3.8) is 0 Å². The van der Waals surface area contributed by atoms with Gasteiger partial charge in [-0.3, -0.25) is 0 Å². The van der Waals surface area contributed by atoms with Gasteiger partial charge in [0.15, 0.2) is 0 Å².